The summed E-state index contributed by atoms with van der Waals surface area (Å²) in [5, 5.41) is 20.0. The Balaban J connectivity index is 0.000000200. The van der Waals surface area contributed by atoms with Gasteiger partial charge in [0.05, 0.1) is 6.42 Å². The molecule has 0 bridgehead atoms. The molecule has 1 aromatic rings. The summed E-state index contributed by atoms with van der Waals surface area (Å²) in [6.45, 7) is 1.97. The van der Waals surface area contributed by atoms with Gasteiger partial charge < -0.3 is 15.5 Å². The van der Waals surface area contributed by atoms with Gasteiger partial charge in [0.2, 0.25) is 0 Å². The molecular formula is C14H20N2O4. The highest BCUT2D eigenvalue weighted by Crippen LogP contribution is 2.14. The number of carboxylic acid groups (broad SMARTS) is 2. The van der Waals surface area contributed by atoms with Crippen LogP contribution in [0.5, 0.6) is 0 Å². The summed E-state index contributed by atoms with van der Waals surface area (Å²) in [5.74, 6) is -1.06. The van der Waals surface area contributed by atoms with Crippen LogP contribution >= 0.6 is 0 Å². The number of carboxylic acids is 2. The fraction of sp³-hybridized carbons (Fsp3) is 0.500. The third-order valence-electron chi connectivity index (χ3n) is 3.03. The molecule has 6 heteroatoms. The Bertz CT molecular complexity index is 416. The number of rotatable bonds is 4. The van der Waals surface area contributed by atoms with E-state index in [0.29, 0.717) is 12.3 Å². The monoisotopic (exact) mass is 280 g/mol. The first kappa shape index (κ1) is 16.1. The smallest absolute Gasteiger partial charge is 0.307 e. The number of hydrogen-bond donors (Lipinski definition) is 3. The fourth-order valence-corrected chi connectivity index (χ4v) is 2.01. The Kier molecular flexibility index (Phi) is 7.27. The van der Waals surface area contributed by atoms with Crippen molar-refractivity contribution in [3.05, 3.63) is 30.1 Å². The summed E-state index contributed by atoms with van der Waals surface area (Å²) in [4.78, 5) is 24.2. The van der Waals surface area contributed by atoms with Crippen molar-refractivity contribution in [2.24, 2.45) is 5.92 Å². The molecule has 0 radical (unpaired) electrons. The maximum absolute atomic E-state index is 10.2. The maximum Gasteiger partial charge on any atom is 0.307 e. The van der Waals surface area contributed by atoms with E-state index in [1.165, 1.54) is 0 Å². The molecule has 0 saturated carbocycles. The van der Waals surface area contributed by atoms with E-state index in [0.717, 1.165) is 31.5 Å². The van der Waals surface area contributed by atoms with Crippen molar-refractivity contribution in [1.29, 1.82) is 0 Å². The third kappa shape index (κ3) is 7.48. The van der Waals surface area contributed by atoms with Crippen LogP contribution in [0.4, 0.5) is 0 Å². The highest BCUT2D eigenvalue weighted by Gasteiger charge is 2.15. The standard InChI is InChI=1S/C7H13NO2.C7H7NO2/c2*9-7(10)5-6-1-3-8-4-2-6/h6,8H,1-5H2,(H,9,10);1-4H,5H2,(H,9,10). The SMILES string of the molecule is O=C(O)CC1CCNCC1.O=C(O)Cc1ccncc1. The van der Waals surface area contributed by atoms with Gasteiger partial charge in [0, 0.05) is 18.8 Å². The summed E-state index contributed by atoms with van der Waals surface area (Å²) in [6, 6.07) is 3.38. The molecule has 1 aliphatic rings. The molecule has 0 aromatic carbocycles. The van der Waals surface area contributed by atoms with E-state index < -0.39 is 11.9 Å². The molecule has 2 rings (SSSR count). The zero-order valence-corrected chi connectivity index (χ0v) is 11.3. The summed E-state index contributed by atoms with van der Waals surface area (Å²) in [7, 11) is 0. The quantitative estimate of drug-likeness (QED) is 0.765. The lowest BCUT2D eigenvalue weighted by Crippen LogP contribution is -2.28. The van der Waals surface area contributed by atoms with Gasteiger partial charge in [-0.2, -0.15) is 0 Å². The van der Waals surface area contributed by atoms with Crippen molar-refractivity contribution in [2.75, 3.05) is 13.1 Å². The van der Waals surface area contributed by atoms with Crippen molar-refractivity contribution in [2.45, 2.75) is 25.7 Å². The molecule has 1 saturated heterocycles. The Hall–Kier alpha value is -1.95. The number of pyridine rings is 1. The van der Waals surface area contributed by atoms with Crippen LogP contribution in [0.25, 0.3) is 0 Å². The van der Waals surface area contributed by atoms with Gasteiger partial charge in [0.15, 0.2) is 0 Å². The first-order valence-electron chi connectivity index (χ1n) is 6.61. The summed E-state index contributed by atoms with van der Waals surface area (Å²) in [5.41, 5.74) is 0.780. The van der Waals surface area contributed by atoms with Gasteiger partial charge in [-0.1, -0.05) is 0 Å². The first-order valence-corrected chi connectivity index (χ1v) is 6.61. The van der Waals surface area contributed by atoms with Gasteiger partial charge >= 0.3 is 11.9 Å². The van der Waals surface area contributed by atoms with Gasteiger partial charge in [-0.15, -0.1) is 0 Å². The minimum Gasteiger partial charge on any atom is -0.481 e. The van der Waals surface area contributed by atoms with Crippen molar-refractivity contribution in [3.63, 3.8) is 0 Å². The Morgan fingerprint density at radius 3 is 2.25 bits per heavy atom. The number of aromatic nitrogens is 1. The van der Waals surface area contributed by atoms with Crippen molar-refractivity contribution in [3.8, 4) is 0 Å². The number of nitrogens with one attached hydrogen (secondary N) is 1. The topological polar surface area (TPSA) is 99.5 Å². The highest BCUT2D eigenvalue weighted by molar-refractivity contribution is 5.70. The van der Waals surface area contributed by atoms with Crippen molar-refractivity contribution < 1.29 is 19.8 Å². The van der Waals surface area contributed by atoms with Crippen LogP contribution in [0.3, 0.4) is 0 Å². The Morgan fingerprint density at radius 1 is 1.15 bits per heavy atom. The van der Waals surface area contributed by atoms with E-state index in [1.54, 1.807) is 24.5 Å². The second-order valence-corrected chi connectivity index (χ2v) is 4.72. The average molecular weight is 280 g/mol. The predicted molar refractivity (Wildman–Crippen MR) is 73.4 cm³/mol. The molecule has 1 aliphatic heterocycles. The number of carbonyl (C=O) groups is 2. The van der Waals surface area contributed by atoms with E-state index in [9.17, 15) is 9.59 Å². The average Bonchev–Trinajstić information content (AvgIpc) is 2.40. The molecule has 2 heterocycles. The fourth-order valence-electron chi connectivity index (χ4n) is 2.01. The Morgan fingerprint density at radius 2 is 1.75 bits per heavy atom. The van der Waals surface area contributed by atoms with Crippen LogP contribution in [0.15, 0.2) is 24.5 Å². The molecule has 0 unspecified atom stereocenters. The molecule has 6 nitrogen and oxygen atoms in total. The van der Waals surface area contributed by atoms with Gasteiger partial charge in [-0.3, -0.25) is 14.6 Å². The molecule has 0 amide bonds. The van der Waals surface area contributed by atoms with Gasteiger partial charge in [-0.25, -0.2) is 0 Å². The summed E-state index contributed by atoms with van der Waals surface area (Å²) in [6.07, 6.45) is 5.62. The number of aliphatic carboxylic acids is 2. The van der Waals surface area contributed by atoms with Gasteiger partial charge in [-0.05, 0) is 49.5 Å². The minimum atomic E-state index is -0.814. The van der Waals surface area contributed by atoms with Crippen molar-refractivity contribution in [1.82, 2.24) is 10.3 Å². The molecule has 1 fully saturated rings. The molecule has 0 spiro atoms. The molecule has 20 heavy (non-hydrogen) atoms. The number of hydrogen-bond acceptors (Lipinski definition) is 4. The lowest BCUT2D eigenvalue weighted by atomic mass is 9.95. The second kappa shape index (κ2) is 9.03. The van der Waals surface area contributed by atoms with Crippen molar-refractivity contribution >= 4 is 11.9 Å². The molecular weight excluding hydrogens is 260 g/mol. The van der Waals surface area contributed by atoms with Crippen LogP contribution in [0, 0.1) is 5.92 Å². The summed E-state index contributed by atoms with van der Waals surface area (Å²) < 4.78 is 0. The van der Waals surface area contributed by atoms with Crippen LogP contribution < -0.4 is 5.32 Å². The zero-order chi connectivity index (χ0) is 14.8. The molecule has 0 aliphatic carbocycles. The molecule has 110 valence electrons. The van der Waals surface area contributed by atoms with E-state index in [2.05, 4.69) is 10.3 Å². The van der Waals surface area contributed by atoms with E-state index in [-0.39, 0.29) is 6.42 Å². The van der Waals surface area contributed by atoms with Crippen LogP contribution in [0.2, 0.25) is 0 Å². The van der Waals surface area contributed by atoms with Crippen LogP contribution in [-0.2, 0) is 16.0 Å². The summed E-state index contributed by atoms with van der Waals surface area (Å²) >= 11 is 0. The Labute approximate surface area is 117 Å². The molecule has 0 atom stereocenters. The minimum absolute atomic E-state index is 0.0719. The zero-order valence-electron chi connectivity index (χ0n) is 11.3. The van der Waals surface area contributed by atoms with Gasteiger partial charge in [0.25, 0.3) is 0 Å². The van der Waals surface area contributed by atoms with Gasteiger partial charge in [0.1, 0.15) is 0 Å². The number of nitrogens with zero attached hydrogens (tertiary/aromatic N) is 1. The third-order valence-corrected chi connectivity index (χ3v) is 3.03. The van der Waals surface area contributed by atoms with Crippen LogP contribution in [-0.4, -0.2) is 40.2 Å². The van der Waals surface area contributed by atoms with E-state index >= 15 is 0 Å². The molecule has 3 N–H and O–H groups in total. The predicted octanol–water partition coefficient (Wildman–Crippen LogP) is 1.17. The number of piperidine rings is 1. The lowest BCUT2D eigenvalue weighted by molar-refractivity contribution is -0.138. The second-order valence-electron chi connectivity index (χ2n) is 4.72. The highest BCUT2D eigenvalue weighted by atomic mass is 16.4. The van der Waals surface area contributed by atoms with Crippen LogP contribution in [0.1, 0.15) is 24.8 Å². The lowest BCUT2D eigenvalue weighted by Gasteiger charge is -2.20. The largest absolute Gasteiger partial charge is 0.481 e. The van der Waals surface area contributed by atoms with E-state index in [4.69, 9.17) is 10.2 Å². The van der Waals surface area contributed by atoms with E-state index in [1.807, 2.05) is 0 Å². The first-order chi connectivity index (χ1) is 9.58. The normalized spacial score (nSPS) is 15.0. The maximum atomic E-state index is 10.2. The molecule has 1 aromatic heterocycles.